The molecule has 8 heteroatoms. The van der Waals surface area contributed by atoms with Crippen molar-refractivity contribution in [3.8, 4) is 0 Å². The van der Waals surface area contributed by atoms with Crippen molar-refractivity contribution < 1.29 is 29.0 Å². The van der Waals surface area contributed by atoms with Crippen LogP contribution in [0.4, 0.5) is 4.79 Å². The minimum absolute atomic E-state index is 0.0860. The van der Waals surface area contributed by atoms with E-state index in [0.29, 0.717) is 0 Å². The van der Waals surface area contributed by atoms with E-state index in [2.05, 4.69) is 10.6 Å². The topological polar surface area (TPSA) is 114 Å². The molecule has 8 nitrogen and oxygen atoms in total. The van der Waals surface area contributed by atoms with Gasteiger partial charge in [-0.05, 0) is 33.1 Å². The lowest BCUT2D eigenvalue weighted by molar-refractivity contribution is -0.149. The summed E-state index contributed by atoms with van der Waals surface area (Å²) in [4.78, 5) is 36.4. The molecule has 5 atom stereocenters. The molecule has 0 aromatic carbocycles. The zero-order chi connectivity index (χ0) is 21.6. The molecule has 0 heterocycles. The third-order valence-corrected chi connectivity index (χ3v) is 5.33. The molecule has 0 aromatic rings. The maximum Gasteiger partial charge on any atom is 0.407 e. The number of hydrogen-bond donors (Lipinski definition) is 3. The largest absolute Gasteiger partial charge is 0.469 e. The molecule has 0 unspecified atom stereocenters. The van der Waals surface area contributed by atoms with Gasteiger partial charge in [-0.1, -0.05) is 26.7 Å². The van der Waals surface area contributed by atoms with Crippen molar-refractivity contribution >= 4 is 18.0 Å². The van der Waals surface area contributed by atoms with E-state index in [1.54, 1.807) is 20.8 Å². The highest BCUT2D eigenvalue weighted by Crippen LogP contribution is 2.38. The molecule has 0 bridgehead atoms. The van der Waals surface area contributed by atoms with Gasteiger partial charge in [0, 0.05) is 24.9 Å². The molecule has 0 saturated heterocycles. The fourth-order valence-electron chi connectivity index (χ4n) is 4.10. The van der Waals surface area contributed by atoms with E-state index in [9.17, 15) is 19.5 Å². The Hall–Kier alpha value is -1.83. The van der Waals surface area contributed by atoms with E-state index in [-0.39, 0.29) is 18.2 Å². The maximum absolute atomic E-state index is 12.3. The van der Waals surface area contributed by atoms with Crippen molar-refractivity contribution in [1.29, 1.82) is 0 Å². The number of nitrogens with one attached hydrogen (secondary N) is 2. The molecule has 1 fully saturated rings. The molecule has 0 spiro atoms. The van der Waals surface area contributed by atoms with Gasteiger partial charge in [-0.2, -0.15) is 0 Å². The third kappa shape index (κ3) is 6.36. The van der Waals surface area contributed by atoms with Crippen LogP contribution in [0.15, 0.2) is 0 Å². The van der Waals surface area contributed by atoms with E-state index < -0.39 is 47.7 Å². The van der Waals surface area contributed by atoms with Gasteiger partial charge in [0.15, 0.2) is 0 Å². The maximum atomic E-state index is 12.3. The molecule has 3 N–H and O–H groups in total. The molecule has 1 saturated carbocycles. The van der Waals surface area contributed by atoms with Gasteiger partial charge in [0.2, 0.25) is 5.91 Å². The first kappa shape index (κ1) is 24.2. The van der Waals surface area contributed by atoms with Crippen LogP contribution in [-0.2, 0) is 19.1 Å². The lowest BCUT2D eigenvalue weighted by atomic mass is 9.80. The second-order valence-electron chi connectivity index (χ2n) is 8.49. The lowest BCUT2D eigenvalue weighted by Crippen LogP contribution is -2.54. The van der Waals surface area contributed by atoms with Crippen LogP contribution in [-0.4, -0.2) is 54.0 Å². The van der Waals surface area contributed by atoms with Crippen LogP contribution in [0.1, 0.15) is 60.8 Å². The van der Waals surface area contributed by atoms with E-state index >= 15 is 0 Å². The third-order valence-electron chi connectivity index (χ3n) is 5.33. The van der Waals surface area contributed by atoms with Gasteiger partial charge in [0.05, 0.1) is 19.1 Å². The minimum Gasteiger partial charge on any atom is -0.469 e. The van der Waals surface area contributed by atoms with Crippen molar-refractivity contribution in [2.45, 2.75) is 84.6 Å². The average Bonchev–Trinajstić information content (AvgIpc) is 2.88. The summed E-state index contributed by atoms with van der Waals surface area (Å²) >= 11 is 0. The number of alkyl carbamates (subject to hydrolysis) is 1. The summed E-state index contributed by atoms with van der Waals surface area (Å²) in [7, 11) is 1.27. The van der Waals surface area contributed by atoms with Gasteiger partial charge >= 0.3 is 12.1 Å². The Morgan fingerprint density at radius 2 is 1.75 bits per heavy atom. The fraction of sp³-hybridized carbons (Fsp3) is 0.850. The SMILES string of the molecule is CCC(CC)[C@H](NC(C)=O)[C@@H]1[C@H](O)[C@@H](C(=O)OC)C[C@H]1NC(=O)OC(C)(C)C. The number of carbonyl (C=O) groups excluding carboxylic acids is 3. The van der Waals surface area contributed by atoms with Crippen LogP contribution in [0, 0.1) is 17.8 Å². The van der Waals surface area contributed by atoms with Gasteiger partial charge in [-0.15, -0.1) is 0 Å². The van der Waals surface area contributed by atoms with E-state index in [1.165, 1.54) is 14.0 Å². The summed E-state index contributed by atoms with van der Waals surface area (Å²) in [5.74, 6) is -1.98. The Bertz CT molecular complexity index is 555. The quantitative estimate of drug-likeness (QED) is 0.563. The number of ether oxygens (including phenoxy) is 2. The van der Waals surface area contributed by atoms with Crippen molar-refractivity contribution in [2.24, 2.45) is 17.8 Å². The Kier molecular flexibility index (Phi) is 8.73. The minimum atomic E-state index is -1.05. The smallest absolute Gasteiger partial charge is 0.407 e. The number of aliphatic hydroxyl groups is 1. The molecule has 28 heavy (non-hydrogen) atoms. The van der Waals surface area contributed by atoms with Gasteiger partial charge in [-0.25, -0.2) is 4.79 Å². The molecule has 1 aliphatic carbocycles. The molecular weight excluding hydrogens is 364 g/mol. The van der Waals surface area contributed by atoms with Crippen LogP contribution >= 0.6 is 0 Å². The van der Waals surface area contributed by atoms with E-state index in [4.69, 9.17) is 9.47 Å². The van der Waals surface area contributed by atoms with Crippen molar-refractivity contribution in [3.05, 3.63) is 0 Å². The fourth-order valence-corrected chi connectivity index (χ4v) is 4.10. The van der Waals surface area contributed by atoms with Gasteiger partial charge in [0.1, 0.15) is 5.60 Å². The average molecular weight is 401 g/mol. The first-order valence-electron chi connectivity index (χ1n) is 9.97. The summed E-state index contributed by atoms with van der Waals surface area (Å²) in [6, 6.07) is -0.927. The summed E-state index contributed by atoms with van der Waals surface area (Å²) < 4.78 is 10.2. The molecule has 2 amide bonds. The number of aliphatic hydroxyl groups excluding tert-OH is 1. The van der Waals surface area contributed by atoms with Crippen LogP contribution in [0.2, 0.25) is 0 Å². The van der Waals surface area contributed by atoms with Crippen molar-refractivity contribution in [2.75, 3.05) is 7.11 Å². The van der Waals surface area contributed by atoms with Crippen molar-refractivity contribution in [3.63, 3.8) is 0 Å². The number of amides is 2. The Morgan fingerprint density at radius 1 is 1.18 bits per heavy atom. The summed E-state index contributed by atoms with van der Waals surface area (Å²) in [6.07, 6.45) is 0.115. The molecule has 0 aliphatic heterocycles. The Labute approximate surface area is 167 Å². The Morgan fingerprint density at radius 3 is 2.18 bits per heavy atom. The molecular formula is C20H36N2O6. The predicted molar refractivity (Wildman–Crippen MR) is 104 cm³/mol. The zero-order valence-electron chi connectivity index (χ0n) is 18.1. The second kappa shape index (κ2) is 10.1. The highest BCUT2D eigenvalue weighted by atomic mass is 16.6. The molecule has 1 aliphatic rings. The second-order valence-corrected chi connectivity index (χ2v) is 8.49. The van der Waals surface area contributed by atoms with Crippen molar-refractivity contribution in [1.82, 2.24) is 10.6 Å². The lowest BCUT2D eigenvalue weighted by Gasteiger charge is -2.36. The predicted octanol–water partition coefficient (Wildman–Crippen LogP) is 1.99. The Balaban J connectivity index is 3.21. The van der Waals surface area contributed by atoms with Gasteiger partial charge in [0.25, 0.3) is 0 Å². The number of hydrogen-bond acceptors (Lipinski definition) is 6. The molecule has 1 rings (SSSR count). The number of esters is 1. The number of methoxy groups -OCH3 is 1. The molecule has 0 aromatic heterocycles. The van der Waals surface area contributed by atoms with E-state index in [0.717, 1.165) is 12.8 Å². The van der Waals surface area contributed by atoms with Crippen LogP contribution in [0.5, 0.6) is 0 Å². The summed E-state index contributed by atoms with van der Waals surface area (Å²) in [6.45, 7) is 10.7. The molecule has 0 radical (unpaired) electrons. The zero-order valence-corrected chi connectivity index (χ0v) is 18.1. The first-order chi connectivity index (χ1) is 12.9. The van der Waals surface area contributed by atoms with Crippen LogP contribution in [0.25, 0.3) is 0 Å². The number of carbonyl (C=O) groups is 3. The molecule has 162 valence electrons. The highest BCUT2D eigenvalue weighted by Gasteiger charge is 2.51. The van der Waals surface area contributed by atoms with E-state index in [1.807, 2.05) is 13.8 Å². The van der Waals surface area contributed by atoms with Gasteiger partial charge in [-0.3, -0.25) is 9.59 Å². The summed E-state index contributed by atoms with van der Waals surface area (Å²) in [5.41, 5.74) is -0.676. The van der Waals surface area contributed by atoms with Crippen LogP contribution < -0.4 is 10.6 Å². The van der Waals surface area contributed by atoms with Gasteiger partial charge < -0.3 is 25.2 Å². The standard InChI is InChI=1S/C20H36N2O6/c1-8-12(9-2)16(21-11(3)23)15-14(22-19(26)28-20(4,5)6)10-13(17(15)24)18(25)27-7/h12-17,24H,8-10H2,1-7H3,(H,21,23)(H,22,26)/t13-,14+,15+,16-,17+/m0/s1. The summed E-state index contributed by atoms with van der Waals surface area (Å²) in [5, 5.41) is 16.7. The number of rotatable bonds is 7. The first-order valence-corrected chi connectivity index (χ1v) is 9.97. The highest BCUT2D eigenvalue weighted by molar-refractivity contribution is 5.75. The normalized spacial score (nSPS) is 25.9. The monoisotopic (exact) mass is 400 g/mol. The van der Waals surface area contributed by atoms with Crippen LogP contribution in [0.3, 0.4) is 0 Å².